The second kappa shape index (κ2) is 8.29. The van der Waals surface area contributed by atoms with E-state index < -0.39 is 0 Å². The monoisotopic (exact) mass is 422 g/mol. The summed E-state index contributed by atoms with van der Waals surface area (Å²) in [7, 11) is 0. The molecule has 3 heterocycles. The molecular weight excluding hydrogens is 395 g/mol. The second-order valence-corrected chi connectivity index (χ2v) is 8.41. The van der Waals surface area contributed by atoms with E-state index in [9.17, 15) is 9.18 Å². The van der Waals surface area contributed by atoms with Gasteiger partial charge in [0.15, 0.2) is 5.65 Å². The van der Waals surface area contributed by atoms with Crippen LogP contribution in [-0.2, 0) is 22.4 Å². The van der Waals surface area contributed by atoms with Crippen LogP contribution in [0, 0.1) is 11.7 Å². The van der Waals surface area contributed by atoms with E-state index in [0.29, 0.717) is 13.2 Å². The molecule has 1 aromatic carbocycles. The first-order valence-corrected chi connectivity index (χ1v) is 11.2. The fraction of sp³-hybridized carbons (Fsp3) is 0.458. The van der Waals surface area contributed by atoms with E-state index in [4.69, 9.17) is 14.8 Å². The molecular formula is C24H27FN4O2. The number of halogens is 1. The summed E-state index contributed by atoms with van der Waals surface area (Å²) in [5, 5.41) is 4.88. The third-order valence-corrected chi connectivity index (χ3v) is 6.33. The minimum atomic E-state index is -0.264. The molecule has 1 fully saturated rings. The zero-order valence-corrected chi connectivity index (χ0v) is 17.8. The number of piperidine rings is 1. The van der Waals surface area contributed by atoms with Crippen LogP contribution in [0.2, 0.25) is 0 Å². The van der Waals surface area contributed by atoms with Gasteiger partial charge in [-0.15, -0.1) is 0 Å². The molecule has 1 aliphatic carbocycles. The van der Waals surface area contributed by atoms with Crippen molar-refractivity contribution in [2.75, 3.05) is 24.6 Å². The van der Waals surface area contributed by atoms with Gasteiger partial charge in [-0.05, 0) is 69.7 Å². The largest absolute Gasteiger partial charge is 0.466 e. The molecule has 1 atom stereocenters. The Morgan fingerprint density at radius 2 is 2.00 bits per heavy atom. The molecule has 7 heteroatoms. The minimum absolute atomic E-state index is 0.112. The van der Waals surface area contributed by atoms with Crippen LogP contribution in [0.25, 0.3) is 16.9 Å². The predicted molar refractivity (Wildman–Crippen MR) is 117 cm³/mol. The molecule has 0 saturated carbocycles. The number of nitrogens with zero attached hydrogens (tertiary/aromatic N) is 4. The molecule has 162 valence electrons. The van der Waals surface area contributed by atoms with Crippen molar-refractivity contribution in [2.45, 2.75) is 45.4 Å². The molecule has 3 aromatic rings. The van der Waals surface area contributed by atoms with Crippen LogP contribution in [0.3, 0.4) is 0 Å². The van der Waals surface area contributed by atoms with Crippen molar-refractivity contribution in [3.8, 4) is 11.3 Å². The van der Waals surface area contributed by atoms with Gasteiger partial charge in [-0.1, -0.05) is 0 Å². The molecule has 2 aliphatic rings. The molecule has 2 aromatic heterocycles. The Morgan fingerprint density at radius 1 is 1.19 bits per heavy atom. The van der Waals surface area contributed by atoms with E-state index >= 15 is 0 Å². The molecule has 0 N–H and O–H groups in total. The zero-order chi connectivity index (χ0) is 21.4. The summed E-state index contributed by atoms with van der Waals surface area (Å²) in [5.41, 5.74) is 4.82. The first-order chi connectivity index (χ1) is 15.1. The van der Waals surface area contributed by atoms with E-state index in [2.05, 4.69) is 4.90 Å². The lowest BCUT2D eigenvalue weighted by atomic mass is 9.94. The Kier molecular flexibility index (Phi) is 5.34. The molecule has 0 radical (unpaired) electrons. The van der Waals surface area contributed by atoms with Gasteiger partial charge in [-0.25, -0.2) is 9.37 Å². The molecule has 5 rings (SSSR count). The first-order valence-electron chi connectivity index (χ1n) is 11.2. The standard InChI is InChI=1S/C24H27FN4O2/c1-2-31-24(30)17-6-5-13-28(15-17)23-19-7-3-4-8-20(19)26-22-14-21(27-29(22)23)16-9-11-18(25)12-10-16/h9-12,14,17H,2-8,13,15H2,1H3. The topological polar surface area (TPSA) is 59.7 Å². The van der Waals surface area contributed by atoms with Gasteiger partial charge in [0.1, 0.15) is 11.6 Å². The Bertz CT molecular complexity index is 1110. The predicted octanol–water partition coefficient (Wildman–Crippen LogP) is 4.19. The molecule has 0 amide bonds. The number of carbonyl (C=O) groups excluding carboxylic acids is 1. The number of carbonyl (C=O) groups is 1. The van der Waals surface area contributed by atoms with E-state index in [1.54, 1.807) is 12.1 Å². The Labute approximate surface area is 181 Å². The van der Waals surface area contributed by atoms with Crippen molar-refractivity contribution in [1.29, 1.82) is 0 Å². The van der Waals surface area contributed by atoms with Crippen molar-refractivity contribution in [3.63, 3.8) is 0 Å². The number of anilines is 1. The number of rotatable bonds is 4. The van der Waals surface area contributed by atoms with Gasteiger partial charge in [0, 0.05) is 36.0 Å². The summed E-state index contributed by atoms with van der Waals surface area (Å²) in [6, 6.07) is 8.36. The highest BCUT2D eigenvalue weighted by Crippen LogP contribution is 2.34. The van der Waals surface area contributed by atoms with Gasteiger partial charge in [0.05, 0.1) is 18.2 Å². The number of aryl methyl sites for hydroxylation is 1. The Morgan fingerprint density at radius 3 is 2.81 bits per heavy atom. The molecule has 31 heavy (non-hydrogen) atoms. The smallest absolute Gasteiger partial charge is 0.310 e. The van der Waals surface area contributed by atoms with Crippen molar-refractivity contribution in [3.05, 3.63) is 47.4 Å². The number of fused-ring (bicyclic) bond motifs is 2. The third kappa shape index (κ3) is 3.77. The van der Waals surface area contributed by atoms with Crippen LogP contribution < -0.4 is 4.90 Å². The summed E-state index contributed by atoms with van der Waals surface area (Å²) in [6.07, 6.45) is 6.00. The first kappa shape index (κ1) is 20.0. The van der Waals surface area contributed by atoms with Crippen LogP contribution in [0.5, 0.6) is 0 Å². The van der Waals surface area contributed by atoms with Crippen molar-refractivity contribution < 1.29 is 13.9 Å². The van der Waals surface area contributed by atoms with Gasteiger partial charge in [-0.3, -0.25) is 4.79 Å². The maximum atomic E-state index is 13.4. The highest BCUT2D eigenvalue weighted by atomic mass is 19.1. The summed E-state index contributed by atoms with van der Waals surface area (Å²) in [5.74, 6) is 0.560. The lowest BCUT2D eigenvalue weighted by Crippen LogP contribution is -2.41. The van der Waals surface area contributed by atoms with Crippen LogP contribution in [-0.4, -0.2) is 40.3 Å². The lowest BCUT2D eigenvalue weighted by molar-refractivity contribution is -0.148. The number of hydrogen-bond donors (Lipinski definition) is 0. The van der Waals surface area contributed by atoms with E-state index in [1.807, 2.05) is 17.5 Å². The quantitative estimate of drug-likeness (QED) is 0.590. The lowest BCUT2D eigenvalue weighted by Gasteiger charge is -2.35. The van der Waals surface area contributed by atoms with Gasteiger partial charge in [0.2, 0.25) is 0 Å². The van der Waals surface area contributed by atoms with Crippen LogP contribution in [0.1, 0.15) is 43.9 Å². The molecule has 1 unspecified atom stereocenters. The third-order valence-electron chi connectivity index (χ3n) is 6.33. The molecule has 1 aliphatic heterocycles. The van der Waals surface area contributed by atoms with E-state index in [0.717, 1.165) is 73.5 Å². The summed E-state index contributed by atoms with van der Waals surface area (Å²) >= 11 is 0. The molecule has 6 nitrogen and oxygen atoms in total. The summed E-state index contributed by atoms with van der Waals surface area (Å²) in [4.78, 5) is 19.7. The van der Waals surface area contributed by atoms with Crippen molar-refractivity contribution >= 4 is 17.4 Å². The molecule has 0 spiro atoms. The molecule has 1 saturated heterocycles. The Balaban J connectivity index is 1.60. The average molecular weight is 423 g/mol. The van der Waals surface area contributed by atoms with Gasteiger partial charge in [0.25, 0.3) is 0 Å². The van der Waals surface area contributed by atoms with Crippen LogP contribution in [0.4, 0.5) is 10.2 Å². The van der Waals surface area contributed by atoms with Gasteiger partial charge in [-0.2, -0.15) is 9.61 Å². The fourth-order valence-corrected chi connectivity index (χ4v) is 4.84. The zero-order valence-electron chi connectivity index (χ0n) is 17.8. The number of hydrogen-bond acceptors (Lipinski definition) is 5. The normalized spacial score (nSPS) is 18.8. The maximum absolute atomic E-state index is 13.4. The van der Waals surface area contributed by atoms with Crippen LogP contribution in [0.15, 0.2) is 30.3 Å². The number of aromatic nitrogens is 3. The highest BCUT2D eigenvalue weighted by Gasteiger charge is 2.31. The highest BCUT2D eigenvalue weighted by molar-refractivity contribution is 5.74. The minimum Gasteiger partial charge on any atom is -0.466 e. The van der Waals surface area contributed by atoms with E-state index in [1.165, 1.54) is 17.7 Å². The number of esters is 1. The maximum Gasteiger partial charge on any atom is 0.310 e. The fourth-order valence-electron chi connectivity index (χ4n) is 4.84. The van der Waals surface area contributed by atoms with Crippen molar-refractivity contribution in [2.24, 2.45) is 5.92 Å². The van der Waals surface area contributed by atoms with Crippen molar-refractivity contribution in [1.82, 2.24) is 14.6 Å². The number of ether oxygens (including phenoxy) is 1. The van der Waals surface area contributed by atoms with Crippen LogP contribution >= 0.6 is 0 Å². The summed E-state index contributed by atoms with van der Waals surface area (Å²) in [6.45, 7) is 3.77. The SMILES string of the molecule is CCOC(=O)C1CCCN(c2c3c(nc4cc(-c5ccc(F)cc5)nn24)CCCC3)C1. The van der Waals surface area contributed by atoms with Gasteiger partial charge < -0.3 is 9.64 Å². The summed E-state index contributed by atoms with van der Waals surface area (Å²) < 4.78 is 20.6. The molecule has 0 bridgehead atoms. The van der Waals surface area contributed by atoms with Gasteiger partial charge >= 0.3 is 5.97 Å². The second-order valence-electron chi connectivity index (χ2n) is 8.41. The average Bonchev–Trinajstić information content (AvgIpc) is 3.21. The number of benzene rings is 1. The Hall–Kier alpha value is -2.96. The van der Waals surface area contributed by atoms with E-state index in [-0.39, 0.29) is 17.7 Å².